The molecule has 4 heteroatoms. The molecule has 0 aliphatic heterocycles. The number of halogens is 3. The summed E-state index contributed by atoms with van der Waals surface area (Å²) in [6.45, 7) is 2.76. The Morgan fingerprint density at radius 1 is 1.17 bits per heavy atom. The van der Waals surface area contributed by atoms with Crippen LogP contribution in [0.4, 0.5) is 13.2 Å². The molecule has 1 saturated carbocycles. The van der Waals surface area contributed by atoms with E-state index in [1.807, 2.05) is 6.92 Å². The Bertz CT molecular complexity index is 416. The average Bonchev–Trinajstić information content (AvgIpc) is 3.13. The van der Waals surface area contributed by atoms with Crippen molar-refractivity contribution in [3.05, 3.63) is 35.1 Å². The molecule has 2 rings (SSSR count). The zero-order chi connectivity index (χ0) is 13.1. The predicted octanol–water partition coefficient (Wildman–Crippen LogP) is 3.94. The second-order valence-corrected chi connectivity index (χ2v) is 4.97. The zero-order valence-corrected chi connectivity index (χ0v) is 10.5. The van der Waals surface area contributed by atoms with Crippen LogP contribution in [-0.4, -0.2) is 6.54 Å². The number of benzene rings is 1. The third-order valence-electron chi connectivity index (χ3n) is 3.32. The van der Waals surface area contributed by atoms with Crippen LogP contribution < -0.4 is 5.32 Å². The highest BCUT2D eigenvalue weighted by atomic mass is 19.2. The van der Waals surface area contributed by atoms with E-state index in [9.17, 15) is 13.2 Å². The second-order valence-electron chi connectivity index (χ2n) is 4.97. The Morgan fingerprint density at radius 3 is 2.44 bits per heavy atom. The lowest BCUT2D eigenvalue weighted by Crippen LogP contribution is -2.24. The summed E-state index contributed by atoms with van der Waals surface area (Å²) in [5, 5.41) is 3.22. The number of nitrogens with one attached hydrogen (secondary N) is 1. The van der Waals surface area contributed by atoms with Crippen LogP contribution in [0.3, 0.4) is 0 Å². The molecule has 0 radical (unpaired) electrons. The maximum absolute atomic E-state index is 13.7. The highest BCUT2D eigenvalue weighted by Crippen LogP contribution is 2.38. The monoisotopic (exact) mass is 257 g/mol. The van der Waals surface area contributed by atoms with E-state index in [2.05, 4.69) is 5.32 Å². The Balaban J connectivity index is 2.19. The largest absolute Gasteiger partial charge is 0.310 e. The molecule has 0 heterocycles. The normalized spacial score (nSPS) is 16.9. The van der Waals surface area contributed by atoms with Gasteiger partial charge in [0.2, 0.25) is 0 Å². The fourth-order valence-electron chi connectivity index (χ4n) is 2.13. The maximum atomic E-state index is 13.7. The first kappa shape index (κ1) is 13.4. The lowest BCUT2D eigenvalue weighted by atomic mass is 10.00. The fourth-order valence-corrected chi connectivity index (χ4v) is 2.13. The van der Waals surface area contributed by atoms with Gasteiger partial charge in [-0.1, -0.05) is 19.8 Å². The summed E-state index contributed by atoms with van der Waals surface area (Å²) in [4.78, 5) is 0. The Labute approximate surface area is 105 Å². The van der Waals surface area contributed by atoms with E-state index in [1.54, 1.807) is 0 Å². The molecule has 1 atom stereocenters. The van der Waals surface area contributed by atoms with Crippen LogP contribution in [0, 0.1) is 23.4 Å². The van der Waals surface area contributed by atoms with Gasteiger partial charge in [-0.15, -0.1) is 0 Å². The second kappa shape index (κ2) is 5.74. The van der Waals surface area contributed by atoms with Crippen LogP contribution in [0.2, 0.25) is 0 Å². The van der Waals surface area contributed by atoms with Gasteiger partial charge in [0.05, 0.1) is 0 Å². The standard InChI is InChI=1S/C14H18F3N/c1-2-5-18-14(6-9-3-4-9)10-7-12(16)13(17)8-11(10)15/h7-9,14,18H,2-6H2,1H3. The molecule has 0 amide bonds. The van der Waals surface area contributed by atoms with Gasteiger partial charge in [0, 0.05) is 17.7 Å². The summed E-state index contributed by atoms with van der Waals surface area (Å²) in [5.74, 6) is -2.18. The molecule has 18 heavy (non-hydrogen) atoms. The molecule has 1 N–H and O–H groups in total. The molecule has 1 nitrogen and oxygen atoms in total. The van der Waals surface area contributed by atoms with Gasteiger partial charge in [0.15, 0.2) is 11.6 Å². The topological polar surface area (TPSA) is 12.0 Å². The number of hydrogen-bond acceptors (Lipinski definition) is 1. The maximum Gasteiger partial charge on any atom is 0.161 e. The minimum Gasteiger partial charge on any atom is -0.310 e. The SMILES string of the molecule is CCCNC(CC1CC1)c1cc(F)c(F)cc1F. The van der Waals surface area contributed by atoms with Crippen molar-refractivity contribution in [1.82, 2.24) is 5.32 Å². The zero-order valence-electron chi connectivity index (χ0n) is 10.5. The molecule has 1 fully saturated rings. The molecular weight excluding hydrogens is 239 g/mol. The van der Waals surface area contributed by atoms with Crippen LogP contribution in [0.25, 0.3) is 0 Å². The summed E-state index contributed by atoms with van der Waals surface area (Å²) >= 11 is 0. The first-order valence-electron chi connectivity index (χ1n) is 6.49. The molecule has 0 bridgehead atoms. The van der Waals surface area contributed by atoms with Crippen molar-refractivity contribution in [2.75, 3.05) is 6.54 Å². The summed E-state index contributed by atoms with van der Waals surface area (Å²) < 4.78 is 39.9. The third-order valence-corrected chi connectivity index (χ3v) is 3.32. The highest BCUT2D eigenvalue weighted by molar-refractivity contribution is 5.23. The van der Waals surface area contributed by atoms with Crippen LogP contribution in [0.5, 0.6) is 0 Å². The van der Waals surface area contributed by atoms with Gasteiger partial charge in [0.25, 0.3) is 0 Å². The van der Waals surface area contributed by atoms with Gasteiger partial charge in [0.1, 0.15) is 5.82 Å². The van der Waals surface area contributed by atoms with E-state index in [0.717, 1.165) is 38.3 Å². The van der Waals surface area contributed by atoms with Crippen LogP contribution in [0.1, 0.15) is 44.2 Å². The third kappa shape index (κ3) is 3.25. The van der Waals surface area contributed by atoms with E-state index >= 15 is 0 Å². The van der Waals surface area contributed by atoms with E-state index in [-0.39, 0.29) is 11.6 Å². The Morgan fingerprint density at radius 2 is 1.83 bits per heavy atom. The lowest BCUT2D eigenvalue weighted by Gasteiger charge is -2.19. The summed E-state index contributed by atoms with van der Waals surface area (Å²) in [6.07, 6.45) is 4.01. The molecule has 100 valence electrons. The minimum atomic E-state index is -1.13. The quantitative estimate of drug-likeness (QED) is 0.761. The van der Waals surface area contributed by atoms with Crippen molar-refractivity contribution in [2.45, 2.75) is 38.6 Å². The lowest BCUT2D eigenvalue weighted by molar-refractivity contribution is 0.437. The van der Waals surface area contributed by atoms with Gasteiger partial charge in [-0.2, -0.15) is 0 Å². The van der Waals surface area contributed by atoms with E-state index < -0.39 is 17.5 Å². The van der Waals surface area contributed by atoms with E-state index in [4.69, 9.17) is 0 Å². The molecule has 1 unspecified atom stereocenters. The van der Waals surface area contributed by atoms with Gasteiger partial charge in [-0.3, -0.25) is 0 Å². The molecule has 1 aromatic rings. The van der Waals surface area contributed by atoms with Crippen molar-refractivity contribution in [1.29, 1.82) is 0 Å². The number of hydrogen-bond donors (Lipinski definition) is 1. The molecular formula is C14H18F3N. The fraction of sp³-hybridized carbons (Fsp3) is 0.571. The van der Waals surface area contributed by atoms with E-state index in [1.165, 1.54) is 0 Å². The van der Waals surface area contributed by atoms with Gasteiger partial charge in [-0.25, -0.2) is 13.2 Å². The number of rotatable bonds is 6. The van der Waals surface area contributed by atoms with Crippen molar-refractivity contribution in [3.63, 3.8) is 0 Å². The first-order chi connectivity index (χ1) is 8.61. The molecule has 1 aliphatic rings. The van der Waals surface area contributed by atoms with Gasteiger partial charge < -0.3 is 5.32 Å². The molecule has 0 spiro atoms. The Kier molecular flexibility index (Phi) is 4.27. The summed E-state index contributed by atoms with van der Waals surface area (Å²) in [7, 11) is 0. The van der Waals surface area contributed by atoms with Crippen LogP contribution in [0.15, 0.2) is 12.1 Å². The van der Waals surface area contributed by atoms with Crippen molar-refractivity contribution in [2.24, 2.45) is 5.92 Å². The highest BCUT2D eigenvalue weighted by Gasteiger charge is 2.28. The minimum absolute atomic E-state index is 0.215. The Hall–Kier alpha value is -1.03. The summed E-state index contributed by atoms with van der Waals surface area (Å²) in [6, 6.07) is 1.41. The van der Waals surface area contributed by atoms with Crippen molar-refractivity contribution in [3.8, 4) is 0 Å². The molecule has 1 aliphatic carbocycles. The molecule has 0 aromatic heterocycles. The van der Waals surface area contributed by atoms with Crippen molar-refractivity contribution >= 4 is 0 Å². The molecule has 0 saturated heterocycles. The van der Waals surface area contributed by atoms with Crippen LogP contribution >= 0.6 is 0 Å². The average molecular weight is 257 g/mol. The van der Waals surface area contributed by atoms with Gasteiger partial charge in [-0.05, 0) is 31.4 Å². The smallest absolute Gasteiger partial charge is 0.161 e. The first-order valence-corrected chi connectivity index (χ1v) is 6.49. The van der Waals surface area contributed by atoms with E-state index in [0.29, 0.717) is 12.0 Å². The van der Waals surface area contributed by atoms with Gasteiger partial charge >= 0.3 is 0 Å². The van der Waals surface area contributed by atoms with Crippen LogP contribution in [-0.2, 0) is 0 Å². The van der Waals surface area contributed by atoms with Crippen molar-refractivity contribution < 1.29 is 13.2 Å². The predicted molar refractivity (Wildman–Crippen MR) is 64.7 cm³/mol. The molecule has 1 aromatic carbocycles. The summed E-state index contributed by atoms with van der Waals surface area (Å²) in [5.41, 5.74) is 0.245.